The van der Waals surface area contributed by atoms with E-state index >= 15 is 0 Å². The van der Waals surface area contributed by atoms with Crippen molar-refractivity contribution in [2.75, 3.05) is 11.4 Å². The Morgan fingerprint density at radius 1 is 0.900 bits per heavy atom. The normalized spacial score (nSPS) is 18.0. The van der Waals surface area contributed by atoms with Crippen molar-refractivity contribution in [1.82, 2.24) is 14.5 Å². The van der Waals surface area contributed by atoms with Gasteiger partial charge in [-0.1, -0.05) is 80.8 Å². The van der Waals surface area contributed by atoms with E-state index in [0.717, 1.165) is 47.4 Å². The highest BCUT2D eigenvalue weighted by atomic mass is 16.2. The highest BCUT2D eigenvalue weighted by molar-refractivity contribution is 5.96. The Morgan fingerprint density at radius 3 is 2.38 bits per heavy atom. The number of hydrogen-bond acceptors (Lipinski definition) is 3. The van der Waals surface area contributed by atoms with E-state index in [4.69, 9.17) is 4.98 Å². The van der Waals surface area contributed by atoms with Crippen molar-refractivity contribution < 1.29 is 9.59 Å². The van der Waals surface area contributed by atoms with Crippen molar-refractivity contribution in [2.24, 2.45) is 0 Å². The Labute approximate surface area is 236 Å². The third kappa shape index (κ3) is 5.40. The summed E-state index contributed by atoms with van der Waals surface area (Å²) in [5, 5.41) is 0. The Morgan fingerprint density at radius 2 is 1.62 bits per heavy atom. The average molecular weight is 535 g/mol. The molecule has 1 unspecified atom stereocenters. The number of para-hydroxylation sites is 2. The number of hydrogen-bond donors (Lipinski definition) is 0. The van der Waals surface area contributed by atoms with Crippen LogP contribution in [0.1, 0.15) is 68.3 Å². The molecule has 2 heterocycles. The molecule has 1 atom stereocenters. The van der Waals surface area contributed by atoms with Gasteiger partial charge in [0.25, 0.3) is 0 Å². The maximum Gasteiger partial charge on any atom is 0.243 e. The summed E-state index contributed by atoms with van der Waals surface area (Å²) < 4.78 is 2.08. The molecule has 1 saturated heterocycles. The van der Waals surface area contributed by atoms with Gasteiger partial charge in [-0.2, -0.15) is 0 Å². The van der Waals surface area contributed by atoms with Gasteiger partial charge in [-0.3, -0.25) is 9.59 Å². The first-order valence-corrected chi connectivity index (χ1v) is 14.8. The lowest BCUT2D eigenvalue weighted by molar-refractivity contribution is -0.135. The molecule has 3 aromatic carbocycles. The number of imidazole rings is 1. The second-order valence-corrected chi connectivity index (χ2v) is 11.3. The molecule has 6 rings (SSSR count). The number of carbonyl (C=O) groups is 2. The minimum Gasteiger partial charge on any atom is -0.334 e. The molecule has 6 nitrogen and oxygen atoms in total. The first kappa shape index (κ1) is 26.3. The van der Waals surface area contributed by atoms with Gasteiger partial charge >= 0.3 is 0 Å². The van der Waals surface area contributed by atoms with E-state index in [1.807, 2.05) is 59.5 Å². The predicted molar refractivity (Wildman–Crippen MR) is 159 cm³/mol. The number of benzene rings is 3. The molecule has 1 saturated carbocycles. The molecule has 40 heavy (non-hydrogen) atoms. The van der Waals surface area contributed by atoms with Crippen molar-refractivity contribution in [2.45, 2.75) is 76.9 Å². The molecule has 1 aliphatic carbocycles. The first-order valence-electron chi connectivity index (χ1n) is 14.8. The minimum absolute atomic E-state index is 0.0733. The Bertz CT molecular complexity index is 1470. The van der Waals surface area contributed by atoms with Crippen LogP contribution >= 0.6 is 0 Å². The standard InChI is InChI=1S/C34H38N4O2/c1-2-25-17-19-29(20-18-25)37-23-27(21-32(37)39)34-35-30-15-9-10-16-31(30)38(34)24-33(40)36(28-13-7-4-8-14-28)22-26-11-5-3-6-12-26/h3,5-6,9-12,15-20,27-28H,2,4,7-8,13-14,21-24H2,1H3. The van der Waals surface area contributed by atoms with Crippen molar-refractivity contribution in [3.63, 3.8) is 0 Å². The number of rotatable bonds is 8. The second-order valence-electron chi connectivity index (χ2n) is 11.3. The van der Waals surface area contributed by atoms with Gasteiger partial charge in [0.15, 0.2) is 0 Å². The summed E-state index contributed by atoms with van der Waals surface area (Å²) in [6, 6.07) is 26.9. The van der Waals surface area contributed by atoms with E-state index in [0.29, 0.717) is 19.5 Å². The van der Waals surface area contributed by atoms with Crippen LogP contribution in [0.4, 0.5) is 5.69 Å². The molecule has 4 aromatic rings. The molecule has 6 heteroatoms. The molecular formula is C34H38N4O2. The highest BCUT2D eigenvalue weighted by Crippen LogP contribution is 2.34. The van der Waals surface area contributed by atoms with Crippen molar-refractivity contribution in [1.29, 1.82) is 0 Å². The van der Waals surface area contributed by atoms with Crippen molar-refractivity contribution in [3.05, 3.63) is 95.8 Å². The fourth-order valence-electron chi connectivity index (χ4n) is 6.43. The number of carbonyl (C=O) groups excluding carboxylic acids is 2. The van der Waals surface area contributed by atoms with E-state index in [1.165, 1.54) is 24.8 Å². The summed E-state index contributed by atoms with van der Waals surface area (Å²) >= 11 is 0. The lowest BCUT2D eigenvalue weighted by atomic mass is 9.93. The summed E-state index contributed by atoms with van der Waals surface area (Å²) in [4.78, 5) is 36.3. The van der Waals surface area contributed by atoms with Crippen LogP contribution in [0.3, 0.4) is 0 Å². The second kappa shape index (κ2) is 11.7. The SMILES string of the molecule is CCc1ccc(N2CC(c3nc4ccccc4n3CC(=O)N(Cc3ccccc3)C3CCCCC3)CC2=O)cc1. The van der Waals surface area contributed by atoms with Crippen LogP contribution in [0, 0.1) is 0 Å². The largest absolute Gasteiger partial charge is 0.334 e. The third-order valence-corrected chi connectivity index (χ3v) is 8.66. The van der Waals surface area contributed by atoms with Crippen LogP contribution in [0.5, 0.6) is 0 Å². The molecule has 0 spiro atoms. The molecule has 2 aliphatic rings. The number of anilines is 1. The lowest BCUT2D eigenvalue weighted by Gasteiger charge is -2.35. The minimum atomic E-state index is -0.0733. The molecule has 1 aromatic heterocycles. The van der Waals surface area contributed by atoms with Gasteiger partial charge in [-0.15, -0.1) is 0 Å². The Hall–Kier alpha value is -3.93. The summed E-state index contributed by atoms with van der Waals surface area (Å²) in [6.07, 6.45) is 7.05. The van der Waals surface area contributed by atoms with Gasteiger partial charge in [0.1, 0.15) is 12.4 Å². The highest BCUT2D eigenvalue weighted by Gasteiger charge is 2.36. The van der Waals surface area contributed by atoms with Gasteiger partial charge < -0.3 is 14.4 Å². The van der Waals surface area contributed by atoms with Crippen molar-refractivity contribution >= 4 is 28.5 Å². The Kier molecular flexibility index (Phi) is 7.67. The fourth-order valence-corrected chi connectivity index (χ4v) is 6.43. The number of aryl methyl sites for hydroxylation is 1. The van der Waals surface area contributed by atoms with Crippen LogP contribution in [0.2, 0.25) is 0 Å². The first-order chi connectivity index (χ1) is 19.6. The van der Waals surface area contributed by atoms with E-state index < -0.39 is 0 Å². The van der Waals surface area contributed by atoms with Crippen LogP contribution in [-0.4, -0.2) is 38.9 Å². The molecule has 1 aliphatic heterocycles. The smallest absolute Gasteiger partial charge is 0.243 e. The maximum atomic E-state index is 14.1. The number of amides is 2. The molecule has 2 fully saturated rings. The summed E-state index contributed by atoms with van der Waals surface area (Å²) in [5.74, 6) is 0.985. The van der Waals surface area contributed by atoms with Crippen LogP contribution in [-0.2, 0) is 29.1 Å². The number of aromatic nitrogens is 2. The summed E-state index contributed by atoms with van der Waals surface area (Å²) in [6.45, 7) is 3.55. The molecular weight excluding hydrogens is 496 g/mol. The molecule has 0 bridgehead atoms. The zero-order chi connectivity index (χ0) is 27.5. The topological polar surface area (TPSA) is 58.4 Å². The van der Waals surface area contributed by atoms with Crippen molar-refractivity contribution in [3.8, 4) is 0 Å². The van der Waals surface area contributed by atoms with E-state index in [-0.39, 0.29) is 30.3 Å². The lowest BCUT2D eigenvalue weighted by Crippen LogP contribution is -2.42. The van der Waals surface area contributed by atoms with Crippen LogP contribution in [0.25, 0.3) is 11.0 Å². The van der Waals surface area contributed by atoms with Crippen LogP contribution < -0.4 is 4.90 Å². The predicted octanol–water partition coefficient (Wildman–Crippen LogP) is 6.48. The zero-order valence-corrected chi connectivity index (χ0v) is 23.3. The zero-order valence-electron chi connectivity index (χ0n) is 23.3. The van der Waals surface area contributed by atoms with E-state index in [1.54, 1.807) is 0 Å². The Balaban J connectivity index is 1.30. The van der Waals surface area contributed by atoms with E-state index in [9.17, 15) is 9.59 Å². The molecule has 0 N–H and O–H groups in total. The summed E-state index contributed by atoms with van der Waals surface area (Å²) in [7, 11) is 0. The van der Waals surface area contributed by atoms with Gasteiger partial charge in [0.2, 0.25) is 11.8 Å². The van der Waals surface area contributed by atoms with Gasteiger partial charge in [0.05, 0.1) is 11.0 Å². The van der Waals surface area contributed by atoms with Gasteiger partial charge in [0, 0.05) is 37.2 Å². The maximum absolute atomic E-state index is 14.1. The van der Waals surface area contributed by atoms with Crippen LogP contribution in [0.15, 0.2) is 78.9 Å². The number of nitrogens with zero attached hydrogens (tertiary/aromatic N) is 4. The average Bonchev–Trinajstić information content (AvgIpc) is 3.57. The third-order valence-electron chi connectivity index (χ3n) is 8.66. The molecule has 2 amide bonds. The van der Waals surface area contributed by atoms with E-state index in [2.05, 4.69) is 40.7 Å². The number of fused-ring (bicyclic) bond motifs is 1. The fraction of sp³-hybridized carbons (Fsp3) is 0.382. The molecule has 206 valence electrons. The van der Waals surface area contributed by atoms with Gasteiger partial charge in [-0.05, 0) is 54.7 Å². The molecule has 0 radical (unpaired) electrons. The van der Waals surface area contributed by atoms with Gasteiger partial charge in [-0.25, -0.2) is 4.98 Å². The monoisotopic (exact) mass is 534 g/mol. The summed E-state index contributed by atoms with van der Waals surface area (Å²) in [5.41, 5.74) is 5.16. The quantitative estimate of drug-likeness (QED) is 0.260.